The average Bonchev–Trinajstić information content (AvgIpc) is 3.01. The van der Waals surface area contributed by atoms with Crippen molar-refractivity contribution in [1.82, 2.24) is 0 Å². The molecule has 0 aromatic rings. The van der Waals surface area contributed by atoms with Gasteiger partial charge in [0.15, 0.2) is 0 Å². The van der Waals surface area contributed by atoms with Gasteiger partial charge in [-0.05, 0) is 0 Å². The summed E-state index contributed by atoms with van der Waals surface area (Å²) in [6.07, 6.45) is 0. The van der Waals surface area contributed by atoms with Gasteiger partial charge in [-0.25, -0.2) is 0 Å². The third-order valence-electron chi connectivity index (χ3n) is 14.7. The molecule has 2 N–H and O–H groups in total. The van der Waals surface area contributed by atoms with E-state index in [1.54, 1.807) is 0 Å². The van der Waals surface area contributed by atoms with Gasteiger partial charge in [0, 0.05) is 0 Å². The normalized spacial score (nSPS) is 158. The quantitative estimate of drug-likeness (QED) is 0.599. The molecular formula is C10H10FeO2. The van der Waals surface area contributed by atoms with Crippen molar-refractivity contribution in [1.29, 1.82) is 0 Å². The Morgan fingerprint density at radius 2 is 1.00 bits per heavy atom. The van der Waals surface area contributed by atoms with Gasteiger partial charge in [0.25, 0.3) is 0 Å². The van der Waals surface area contributed by atoms with Crippen LogP contribution in [0.25, 0.3) is 0 Å². The van der Waals surface area contributed by atoms with Crippen LogP contribution in [0.5, 0.6) is 0 Å². The summed E-state index contributed by atoms with van der Waals surface area (Å²) in [5, 5.41) is 21.8. The fourth-order valence-electron chi connectivity index (χ4n) is 16.2. The van der Waals surface area contributed by atoms with Crippen LogP contribution in [0.4, 0.5) is 0 Å². The van der Waals surface area contributed by atoms with Crippen LogP contribution in [0.2, 0.25) is 38.5 Å². The van der Waals surface area contributed by atoms with Crippen LogP contribution in [0, 0.1) is 0 Å². The van der Waals surface area contributed by atoms with E-state index >= 15 is 0 Å². The fourth-order valence-corrected chi connectivity index (χ4v) is 87.5. The van der Waals surface area contributed by atoms with Gasteiger partial charge in [0.1, 0.15) is 0 Å². The maximum absolute atomic E-state index is 10.9. The van der Waals surface area contributed by atoms with Crippen molar-refractivity contribution < 1.29 is 16.7 Å². The second-order valence-corrected chi connectivity index (χ2v) is 32.8. The Hall–Kier alpha value is 0.439. The van der Waals surface area contributed by atoms with Gasteiger partial charge < -0.3 is 0 Å². The van der Waals surface area contributed by atoms with Crippen molar-refractivity contribution in [3.63, 3.8) is 0 Å². The summed E-state index contributed by atoms with van der Waals surface area (Å²) in [5.74, 6) is 0. The first-order valence-electron chi connectivity index (χ1n) is 5.59. The van der Waals surface area contributed by atoms with Crippen LogP contribution in [0.3, 0.4) is 0 Å². The summed E-state index contributed by atoms with van der Waals surface area (Å²) in [7, 11) is 0. The molecule has 10 rings (SSSR count). The maximum atomic E-state index is 10.9. The van der Waals surface area contributed by atoms with Crippen LogP contribution in [-0.2, 0) is 6.51 Å². The van der Waals surface area contributed by atoms with Crippen molar-refractivity contribution in [2.24, 2.45) is 0 Å². The molecule has 10 aliphatic heterocycles. The van der Waals surface area contributed by atoms with E-state index in [0.717, 1.165) is 38.5 Å². The van der Waals surface area contributed by atoms with Crippen LogP contribution in [0.15, 0.2) is 0 Å². The zero-order valence-electron chi connectivity index (χ0n) is 6.87. The molecule has 8 atom stereocenters. The summed E-state index contributed by atoms with van der Waals surface area (Å²) in [5.41, 5.74) is 0. The van der Waals surface area contributed by atoms with Crippen molar-refractivity contribution in [3.8, 4) is 0 Å². The molecule has 10 heterocycles. The molecule has 0 bridgehead atoms. The van der Waals surface area contributed by atoms with Crippen molar-refractivity contribution in [2.45, 2.75) is 47.5 Å². The third kappa shape index (κ3) is 0.0264. The van der Waals surface area contributed by atoms with Gasteiger partial charge in [-0.15, -0.1) is 0 Å². The molecule has 0 radical (unpaired) electrons. The molecule has 8 unspecified atom stereocenters. The average molecular weight is 218 g/mol. The molecule has 1 spiro atoms. The minimum atomic E-state index is -3.51. The molecule has 0 amide bonds. The van der Waals surface area contributed by atoms with Gasteiger partial charge in [-0.3, -0.25) is 0 Å². The second-order valence-electron chi connectivity index (χ2n) is 9.70. The summed E-state index contributed by atoms with van der Waals surface area (Å²) >= 11 is 0. The van der Waals surface area contributed by atoms with Gasteiger partial charge >= 0.3 is 64.3 Å². The molecule has 10 aliphatic rings. The van der Waals surface area contributed by atoms with Crippen molar-refractivity contribution in [2.75, 3.05) is 0 Å². The summed E-state index contributed by atoms with van der Waals surface area (Å²) in [4.78, 5) is 7.35. The van der Waals surface area contributed by atoms with E-state index in [-0.39, 0.29) is 9.00 Å². The number of hydrogen-bond donors (Lipinski definition) is 2. The molecule has 0 aromatic carbocycles. The Morgan fingerprint density at radius 3 is 1.00 bits per heavy atom. The Morgan fingerprint density at radius 1 is 0.692 bits per heavy atom. The number of rotatable bonds is 0. The fraction of sp³-hybridized carbons (Fsp3) is 1.00. The van der Waals surface area contributed by atoms with E-state index in [9.17, 15) is 10.2 Å². The predicted molar refractivity (Wildman–Crippen MR) is 39.9 cm³/mol. The van der Waals surface area contributed by atoms with E-state index in [2.05, 4.69) is 0 Å². The summed E-state index contributed by atoms with van der Waals surface area (Å²) in [6, 6.07) is 0. The Bertz CT molecular complexity index is 829. The van der Waals surface area contributed by atoms with Gasteiger partial charge in [0.05, 0.1) is 0 Å². The molecule has 0 saturated carbocycles. The Kier molecular flexibility index (Phi) is 0.0780. The first-order chi connectivity index (χ1) is 5.93. The number of hydrogen-bond acceptors (Lipinski definition) is 2. The summed E-state index contributed by atoms with van der Waals surface area (Å²) in [6.45, 7) is -3.51. The molecule has 3 heteroatoms. The molecular weight excluding hydrogens is 208 g/mol. The zero-order valence-corrected chi connectivity index (χ0v) is 7.97. The number of aliphatic hydroxyl groups is 2. The Labute approximate surface area is 64.6 Å². The van der Waals surface area contributed by atoms with E-state index < -0.39 is 6.51 Å². The standard InChI is InChI=1S/2C5H5O.Fe/c2*6-5-3-1-2-4-5;/h2*1-4,6H;. The number of fused-ring (bicyclic) bond motifs is 10. The van der Waals surface area contributed by atoms with Crippen LogP contribution in [-0.4, -0.2) is 19.2 Å². The third-order valence-corrected chi connectivity index (χ3v) is 56.5. The molecule has 2 nitrogen and oxygen atoms in total. The topological polar surface area (TPSA) is 40.5 Å². The minimum absolute atomic E-state index is 0.0941. The monoisotopic (exact) mass is 218 g/mol. The Balaban J connectivity index is 2.19. The van der Waals surface area contributed by atoms with E-state index in [1.807, 2.05) is 0 Å². The summed E-state index contributed by atoms with van der Waals surface area (Å²) < 4.78 is -0.188. The van der Waals surface area contributed by atoms with Crippen LogP contribution >= 0.6 is 0 Å². The van der Waals surface area contributed by atoms with Gasteiger partial charge in [-0.2, -0.15) is 0 Å². The molecule has 10 fully saturated rings. The van der Waals surface area contributed by atoms with E-state index in [0.29, 0.717) is 0 Å². The molecule has 10 saturated heterocycles. The van der Waals surface area contributed by atoms with Gasteiger partial charge in [-0.1, -0.05) is 0 Å². The predicted octanol–water partition coefficient (Wildman–Crippen LogP) is 1.18. The van der Waals surface area contributed by atoms with Crippen molar-refractivity contribution >= 4 is 0 Å². The molecule has 13 heavy (non-hydrogen) atoms. The second kappa shape index (κ2) is 0.245. The molecule has 70 valence electrons. The zero-order chi connectivity index (χ0) is 7.94. The van der Waals surface area contributed by atoms with Crippen LogP contribution < -0.4 is 0 Å². The first kappa shape index (κ1) is 4.13. The SMILES string of the molecule is O[C]12[CH]3[CH]4[CH]5[CH]1[Fe]45321678[CH]2[CH]1[CH]6[C]7(O)[CH]28. The van der Waals surface area contributed by atoms with E-state index in [4.69, 9.17) is 0 Å². The molecule has 0 aromatic heterocycles. The van der Waals surface area contributed by atoms with Gasteiger partial charge in [0.2, 0.25) is 0 Å². The van der Waals surface area contributed by atoms with Crippen molar-refractivity contribution in [3.05, 3.63) is 0 Å². The van der Waals surface area contributed by atoms with E-state index in [1.165, 1.54) is 0 Å². The first-order valence-corrected chi connectivity index (χ1v) is 11.8. The van der Waals surface area contributed by atoms with Crippen LogP contribution in [0.1, 0.15) is 0 Å². The molecule has 0 aliphatic carbocycles.